The minimum absolute atomic E-state index is 0.0777. The normalized spacial score (nSPS) is 10.4. The van der Waals surface area contributed by atoms with Crippen molar-refractivity contribution in [1.82, 2.24) is 4.98 Å². The molecule has 2 aromatic carbocycles. The molecular formula is C17H12FNO. The lowest BCUT2D eigenvalue weighted by Gasteiger charge is -2.04. The molecule has 0 atom stereocenters. The van der Waals surface area contributed by atoms with E-state index in [0.717, 1.165) is 0 Å². The number of benzene rings is 2. The number of nitrogens with one attached hydrogen (secondary N) is 1. The van der Waals surface area contributed by atoms with Gasteiger partial charge in [0, 0.05) is 29.1 Å². The summed E-state index contributed by atoms with van der Waals surface area (Å²) in [5.74, 6) is -0.395. The van der Waals surface area contributed by atoms with Crippen LogP contribution in [0.4, 0.5) is 4.39 Å². The Kier molecular flexibility index (Phi) is 3.17. The monoisotopic (exact) mass is 265 g/mol. The summed E-state index contributed by atoms with van der Waals surface area (Å²) in [6.45, 7) is 0. The number of aromatic nitrogens is 1. The zero-order valence-electron chi connectivity index (χ0n) is 10.6. The highest BCUT2D eigenvalue weighted by atomic mass is 19.1. The summed E-state index contributed by atoms with van der Waals surface area (Å²) in [6, 6.07) is 15.3. The van der Waals surface area contributed by atoms with Gasteiger partial charge in [0.15, 0.2) is 5.78 Å². The van der Waals surface area contributed by atoms with Crippen molar-refractivity contribution in [3.8, 4) is 11.1 Å². The number of carbonyl (C=O) groups is 1. The second-order valence-corrected chi connectivity index (χ2v) is 4.49. The average Bonchev–Trinajstić information content (AvgIpc) is 2.97. The molecule has 0 fully saturated rings. The van der Waals surface area contributed by atoms with Crippen LogP contribution in [0.25, 0.3) is 11.1 Å². The molecule has 3 rings (SSSR count). The first-order valence-corrected chi connectivity index (χ1v) is 6.28. The summed E-state index contributed by atoms with van der Waals surface area (Å²) in [4.78, 5) is 15.4. The van der Waals surface area contributed by atoms with Crippen LogP contribution >= 0.6 is 0 Å². The van der Waals surface area contributed by atoms with Crippen LogP contribution in [0.15, 0.2) is 67.0 Å². The SMILES string of the molecule is O=C(c1ccccc1)c1c[nH]cc1-c1cccc(F)c1. The van der Waals surface area contributed by atoms with Gasteiger partial charge >= 0.3 is 0 Å². The fourth-order valence-corrected chi connectivity index (χ4v) is 2.19. The van der Waals surface area contributed by atoms with E-state index in [1.165, 1.54) is 12.1 Å². The zero-order chi connectivity index (χ0) is 13.9. The summed E-state index contributed by atoms with van der Waals surface area (Å²) in [5.41, 5.74) is 2.55. The third-order valence-corrected chi connectivity index (χ3v) is 3.16. The van der Waals surface area contributed by atoms with Gasteiger partial charge in [-0.05, 0) is 17.7 Å². The molecule has 1 N–H and O–H groups in total. The van der Waals surface area contributed by atoms with E-state index in [4.69, 9.17) is 0 Å². The summed E-state index contributed by atoms with van der Waals surface area (Å²) in [7, 11) is 0. The number of aromatic amines is 1. The van der Waals surface area contributed by atoms with Crippen molar-refractivity contribution < 1.29 is 9.18 Å². The number of halogens is 1. The van der Waals surface area contributed by atoms with Crippen LogP contribution < -0.4 is 0 Å². The predicted molar refractivity (Wildman–Crippen MR) is 76.1 cm³/mol. The van der Waals surface area contributed by atoms with Crippen LogP contribution in [0.1, 0.15) is 15.9 Å². The molecule has 98 valence electrons. The van der Waals surface area contributed by atoms with E-state index in [2.05, 4.69) is 4.98 Å². The summed E-state index contributed by atoms with van der Waals surface area (Å²) >= 11 is 0. The molecule has 3 aromatic rings. The molecule has 0 unspecified atom stereocenters. The van der Waals surface area contributed by atoms with E-state index in [1.807, 2.05) is 18.2 Å². The fourth-order valence-electron chi connectivity index (χ4n) is 2.19. The molecule has 0 radical (unpaired) electrons. The first kappa shape index (κ1) is 12.4. The van der Waals surface area contributed by atoms with Crippen molar-refractivity contribution in [3.05, 3.63) is 83.9 Å². The third-order valence-electron chi connectivity index (χ3n) is 3.16. The molecule has 0 bridgehead atoms. The molecule has 0 aliphatic rings. The Balaban J connectivity index is 2.05. The lowest BCUT2D eigenvalue weighted by molar-refractivity contribution is 0.103. The smallest absolute Gasteiger partial charge is 0.195 e. The van der Waals surface area contributed by atoms with Crippen LogP contribution in [0.2, 0.25) is 0 Å². The first-order valence-electron chi connectivity index (χ1n) is 6.28. The molecule has 0 saturated heterocycles. The van der Waals surface area contributed by atoms with Crippen molar-refractivity contribution in [2.45, 2.75) is 0 Å². The van der Waals surface area contributed by atoms with Gasteiger partial charge in [0.25, 0.3) is 0 Å². The van der Waals surface area contributed by atoms with Crippen molar-refractivity contribution >= 4 is 5.78 Å². The number of hydrogen-bond acceptors (Lipinski definition) is 1. The van der Waals surface area contributed by atoms with Gasteiger partial charge in [-0.1, -0.05) is 42.5 Å². The lowest BCUT2D eigenvalue weighted by atomic mass is 9.98. The molecule has 0 saturated carbocycles. The standard InChI is InChI=1S/C17H12FNO/c18-14-8-4-7-13(9-14)15-10-19-11-16(15)17(20)12-5-2-1-3-6-12/h1-11,19H. The van der Waals surface area contributed by atoms with Crippen LogP contribution in [-0.4, -0.2) is 10.8 Å². The lowest BCUT2D eigenvalue weighted by Crippen LogP contribution is -2.01. The van der Waals surface area contributed by atoms with Crippen molar-refractivity contribution in [1.29, 1.82) is 0 Å². The fraction of sp³-hybridized carbons (Fsp3) is 0. The maximum atomic E-state index is 13.3. The number of ketones is 1. The molecule has 1 heterocycles. The highest BCUT2D eigenvalue weighted by Gasteiger charge is 2.15. The first-order chi connectivity index (χ1) is 9.75. The Morgan fingerprint density at radius 1 is 0.950 bits per heavy atom. The number of H-pyrrole nitrogens is 1. The molecule has 0 spiro atoms. The molecule has 0 aliphatic heterocycles. The predicted octanol–water partition coefficient (Wildman–Crippen LogP) is 4.05. The van der Waals surface area contributed by atoms with Gasteiger partial charge < -0.3 is 4.98 Å². The maximum Gasteiger partial charge on any atom is 0.195 e. The third kappa shape index (κ3) is 2.26. The van der Waals surface area contributed by atoms with Gasteiger partial charge in [-0.3, -0.25) is 4.79 Å². The Hall–Kier alpha value is -2.68. The van der Waals surface area contributed by atoms with E-state index >= 15 is 0 Å². The minimum Gasteiger partial charge on any atom is -0.366 e. The molecule has 0 aliphatic carbocycles. The number of hydrogen-bond donors (Lipinski definition) is 1. The van der Waals surface area contributed by atoms with Crippen molar-refractivity contribution in [2.75, 3.05) is 0 Å². The van der Waals surface area contributed by atoms with Crippen LogP contribution in [0, 0.1) is 5.82 Å². The minimum atomic E-state index is -0.318. The Morgan fingerprint density at radius 2 is 1.75 bits per heavy atom. The average molecular weight is 265 g/mol. The Bertz CT molecular complexity index is 746. The molecule has 1 aromatic heterocycles. The van der Waals surface area contributed by atoms with Gasteiger partial charge in [-0.15, -0.1) is 0 Å². The van der Waals surface area contributed by atoms with Gasteiger partial charge in [-0.25, -0.2) is 4.39 Å². The molecule has 2 nitrogen and oxygen atoms in total. The molecule has 0 amide bonds. The van der Waals surface area contributed by atoms with E-state index in [1.54, 1.807) is 36.7 Å². The molecular weight excluding hydrogens is 253 g/mol. The second kappa shape index (κ2) is 5.13. The molecule has 20 heavy (non-hydrogen) atoms. The van der Waals surface area contributed by atoms with Crippen molar-refractivity contribution in [2.24, 2.45) is 0 Å². The quantitative estimate of drug-likeness (QED) is 0.712. The summed E-state index contributed by atoms with van der Waals surface area (Å²) in [6.07, 6.45) is 3.36. The van der Waals surface area contributed by atoms with Crippen LogP contribution in [-0.2, 0) is 0 Å². The van der Waals surface area contributed by atoms with Gasteiger partial charge in [0.05, 0.1) is 0 Å². The Labute approximate surface area is 115 Å². The van der Waals surface area contributed by atoms with E-state index in [-0.39, 0.29) is 11.6 Å². The van der Waals surface area contributed by atoms with Crippen LogP contribution in [0.3, 0.4) is 0 Å². The highest BCUT2D eigenvalue weighted by molar-refractivity contribution is 6.12. The maximum absolute atomic E-state index is 13.3. The Morgan fingerprint density at radius 3 is 2.50 bits per heavy atom. The van der Waals surface area contributed by atoms with Gasteiger partial charge in [-0.2, -0.15) is 0 Å². The van der Waals surface area contributed by atoms with E-state index in [0.29, 0.717) is 22.3 Å². The van der Waals surface area contributed by atoms with Crippen LogP contribution in [0.5, 0.6) is 0 Å². The second-order valence-electron chi connectivity index (χ2n) is 4.49. The molecule has 3 heteroatoms. The summed E-state index contributed by atoms with van der Waals surface area (Å²) < 4.78 is 13.3. The van der Waals surface area contributed by atoms with Gasteiger partial charge in [0.2, 0.25) is 0 Å². The zero-order valence-corrected chi connectivity index (χ0v) is 10.6. The topological polar surface area (TPSA) is 32.9 Å². The van der Waals surface area contributed by atoms with Crippen molar-refractivity contribution in [3.63, 3.8) is 0 Å². The summed E-state index contributed by atoms with van der Waals surface area (Å²) in [5, 5.41) is 0. The number of rotatable bonds is 3. The largest absolute Gasteiger partial charge is 0.366 e. The van der Waals surface area contributed by atoms with E-state index in [9.17, 15) is 9.18 Å². The van der Waals surface area contributed by atoms with Gasteiger partial charge in [0.1, 0.15) is 5.82 Å². The highest BCUT2D eigenvalue weighted by Crippen LogP contribution is 2.26. The number of carbonyl (C=O) groups excluding carboxylic acids is 1. The van der Waals surface area contributed by atoms with E-state index < -0.39 is 0 Å².